The third kappa shape index (κ3) is 4.92. The van der Waals surface area contributed by atoms with Crippen molar-refractivity contribution in [2.24, 2.45) is 5.73 Å². The van der Waals surface area contributed by atoms with Gasteiger partial charge in [-0.15, -0.1) is 11.3 Å². The van der Waals surface area contributed by atoms with Crippen LogP contribution in [0.2, 0.25) is 0 Å². The Bertz CT molecular complexity index is 756. The molecule has 1 aromatic heterocycles. The zero-order valence-electron chi connectivity index (χ0n) is 12.3. The van der Waals surface area contributed by atoms with Gasteiger partial charge in [0.15, 0.2) is 6.61 Å². The number of anilines is 1. The van der Waals surface area contributed by atoms with E-state index < -0.39 is 24.5 Å². The lowest BCUT2D eigenvalue weighted by Gasteiger charge is -2.06. The molecule has 0 aliphatic carbocycles. The van der Waals surface area contributed by atoms with E-state index in [9.17, 15) is 19.2 Å². The van der Waals surface area contributed by atoms with Gasteiger partial charge in [0.2, 0.25) is 0 Å². The molecule has 0 spiro atoms. The SMILES string of the molecule is NC(=O)NC(=O)COC(=O)c1ccc(NC(=O)c2cccs2)cc1. The predicted molar refractivity (Wildman–Crippen MR) is 86.7 cm³/mol. The monoisotopic (exact) mass is 347 g/mol. The van der Waals surface area contributed by atoms with E-state index in [1.54, 1.807) is 22.8 Å². The number of hydrogen-bond acceptors (Lipinski definition) is 6. The van der Waals surface area contributed by atoms with Crippen LogP contribution in [-0.2, 0) is 9.53 Å². The Morgan fingerprint density at radius 1 is 1.08 bits per heavy atom. The van der Waals surface area contributed by atoms with Gasteiger partial charge in [0.25, 0.3) is 11.8 Å². The van der Waals surface area contributed by atoms with E-state index in [-0.39, 0.29) is 11.5 Å². The molecule has 1 heterocycles. The Labute approximate surface area is 140 Å². The first-order valence-corrected chi connectivity index (χ1v) is 7.55. The van der Waals surface area contributed by atoms with Crippen molar-refractivity contribution in [3.05, 3.63) is 52.2 Å². The van der Waals surface area contributed by atoms with Crippen LogP contribution in [0.3, 0.4) is 0 Å². The Hall–Kier alpha value is -3.20. The number of benzene rings is 1. The molecular formula is C15H13N3O5S. The van der Waals surface area contributed by atoms with E-state index in [4.69, 9.17) is 10.5 Å². The summed E-state index contributed by atoms with van der Waals surface area (Å²) in [5, 5.41) is 6.25. The van der Waals surface area contributed by atoms with Gasteiger partial charge in [0, 0.05) is 5.69 Å². The molecule has 0 atom stereocenters. The Morgan fingerprint density at radius 3 is 2.38 bits per heavy atom. The molecule has 4 amide bonds. The summed E-state index contributed by atoms with van der Waals surface area (Å²) in [6, 6.07) is 8.39. The van der Waals surface area contributed by atoms with Crippen molar-refractivity contribution in [2.45, 2.75) is 0 Å². The van der Waals surface area contributed by atoms with Gasteiger partial charge in [0.1, 0.15) is 0 Å². The second-order valence-electron chi connectivity index (χ2n) is 4.50. The molecule has 0 saturated heterocycles. The molecule has 0 radical (unpaired) electrons. The molecule has 0 fully saturated rings. The lowest BCUT2D eigenvalue weighted by Crippen LogP contribution is -2.37. The van der Waals surface area contributed by atoms with E-state index in [0.717, 1.165) is 0 Å². The lowest BCUT2D eigenvalue weighted by atomic mass is 10.2. The highest BCUT2D eigenvalue weighted by atomic mass is 32.1. The van der Waals surface area contributed by atoms with E-state index in [1.165, 1.54) is 35.6 Å². The molecule has 4 N–H and O–H groups in total. The van der Waals surface area contributed by atoms with E-state index in [2.05, 4.69) is 5.32 Å². The van der Waals surface area contributed by atoms with Gasteiger partial charge in [-0.05, 0) is 35.7 Å². The number of carbonyl (C=O) groups excluding carboxylic acids is 4. The van der Waals surface area contributed by atoms with E-state index in [1.807, 2.05) is 0 Å². The van der Waals surface area contributed by atoms with Crippen molar-refractivity contribution in [1.82, 2.24) is 5.32 Å². The maximum Gasteiger partial charge on any atom is 0.338 e. The summed E-state index contributed by atoms with van der Waals surface area (Å²) in [5.74, 6) is -1.81. The number of nitrogens with one attached hydrogen (secondary N) is 2. The summed E-state index contributed by atoms with van der Waals surface area (Å²) in [6.07, 6.45) is 0. The fourth-order valence-electron chi connectivity index (χ4n) is 1.68. The first-order chi connectivity index (χ1) is 11.5. The molecule has 124 valence electrons. The van der Waals surface area contributed by atoms with Gasteiger partial charge < -0.3 is 15.8 Å². The number of thiophene rings is 1. The molecule has 24 heavy (non-hydrogen) atoms. The van der Waals surface area contributed by atoms with Gasteiger partial charge in [-0.25, -0.2) is 9.59 Å². The molecule has 0 aliphatic rings. The third-order valence-corrected chi connectivity index (χ3v) is 3.59. The van der Waals surface area contributed by atoms with Crippen LogP contribution in [0, 0.1) is 0 Å². The highest BCUT2D eigenvalue weighted by Crippen LogP contribution is 2.14. The van der Waals surface area contributed by atoms with Crippen molar-refractivity contribution < 1.29 is 23.9 Å². The Morgan fingerprint density at radius 2 is 1.79 bits per heavy atom. The quantitative estimate of drug-likeness (QED) is 0.704. The van der Waals surface area contributed by atoms with Crippen LogP contribution in [0.1, 0.15) is 20.0 Å². The average molecular weight is 347 g/mol. The summed E-state index contributed by atoms with van der Waals surface area (Å²) >= 11 is 1.31. The van der Waals surface area contributed by atoms with Crippen molar-refractivity contribution in [2.75, 3.05) is 11.9 Å². The van der Waals surface area contributed by atoms with Gasteiger partial charge >= 0.3 is 12.0 Å². The maximum atomic E-state index is 11.9. The number of rotatable bonds is 5. The van der Waals surface area contributed by atoms with Crippen molar-refractivity contribution >= 4 is 40.8 Å². The number of amides is 4. The molecule has 0 aliphatic heterocycles. The molecular weight excluding hydrogens is 334 g/mol. The minimum absolute atomic E-state index is 0.191. The Balaban J connectivity index is 1.89. The number of urea groups is 1. The van der Waals surface area contributed by atoms with Crippen LogP contribution >= 0.6 is 11.3 Å². The van der Waals surface area contributed by atoms with Crippen molar-refractivity contribution in [3.63, 3.8) is 0 Å². The third-order valence-electron chi connectivity index (χ3n) is 2.72. The maximum absolute atomic E-state index is 11.9. The van der Waals surface area contributed by atoms with Crippen molar-refractivity contribution in [3.8, 4) is 0 Å². The number of esters is 1. The fourth-order valence-corrected chi connectivity index (χ4v) is 2.30. The van der Waals surface area contributed by atoms with Gasteiger partial charge in [-0.3, -0.25) is 14.9 Å². The number of hydrogen-bond donors (Lipinski definition) is 3. The summed E-state index contributed by atoms with van der Waals surface area (Å²) in [6.45, 7) is -0.626. The number of carbonyl (C=O) groups is 4. The summed E-state index contributed by atoms with van der Waals surface area (Å²) in [7, 11) is 0. The highest BCUT2D eigenvalue weighted by Gasteiger charge is 2.12. The first kappa shape index (κ1) is 17.2. The van der Waals surface area contributed by atoms with E-state index in [0.29, 0.717) is 10.6 Å². The number of primary amides is 1. The molecule has 0 saturated carbocycles. The second-order valence-corrected chi connectivity index (χ2v) is 5.45. The summed E-state index contributed by atoms with van der Waals surface area (Å²) < 4.78 is 4.73. The molecule has 9 heteroatoms. The Kier molecular flexibility index (Phi) is 5.63. The van der Waals surface area contributed by atoms with Crippen LogP contribution in [-0.4, -0.2) is 30.4 Å². The van der Waals surface area contributed by atoms with Crippen LogP contribution < -0.4 is 16.4 Å². The molecule has 8 nitrogen and oxygen atoms in total. The van der Waals surface area contributed by atoms with Gasteiger partial charge in [-0.2, -0.15) is 0 Å². The topological polar surface area (TPSA) is 128 Å². The van der Waals surface area contributed by atoms with Crippen LogP contribution in [0.4, 0.5) is 10.5 Å². The molecule has 0 unspecified atom stereocenters. The minimum atomic E-state index is -1.03. The minimum Gasteiger partial charge on any atom is -0.452 e. The largest absolute Gasteiger partial charge is 0.452 e. The first-order valence-electron chi connectivity index (χ1n) is 6.67. The predicted octanol–water partition coefficient (Wildman–Crippen LogP) is 1.35. The lowest BCUT2D eigenvalue weighted by molar-refractivity contribution is -0.123. The zero-order valence-corrected chi connectivity index (χ0v) is 13.1. The van der Waals surface area contributed by atoms with Gasteiger partial charge in [-0.1, -0.05) is 6.07 Å². The number of ether oxygens (including phenoxy) is 1. The van der Waals surface area contributed by atoms with Crippen LogP contribution in [0.25, 0.3) is 0 Å². The van der Waals surface area contributed by atoms with Crippen LogP contribution in [0.15, 0.2) is 41.8 Å². The van der Waals surface area contributed by atoms with Gasteiger partial charge in [0.05, 0.1) is 10.4 Å². The van der Waals surface area contributed by atoms with Crippen LogP contribution in [0.5, 0.6) is 0 Å². The number of imide groups is 1. The smallest absolute Gasteiger partial charge is 0.338 e. The average Bonchev–Trinajstić information content (AvgIpc) is 3.07. The fraction of sp³-hybridized carbons (Fsp3) is 0.0667. The molecule has 2 rings (SSSR count). The standard InChI is InChI=1S/C15H13N3O5S/c16-15(22)18-12(19)8-23-14(21)9-3-5-10(6-4-9)17-13(20)11-2-1-7-24-11/h1-7H,8H2,(H,17,20)(H3,16,18,19,22). The number of nitrogens with two attached hydrogens (primary N) is 1. The molecule has 2 aromatic rings. The second kappa shape index (κ2) is 7.88. The van der Waals surface area contributed by atoms with Crippen molar-refractivity contribution in [1.29, 1.82) is 0 Å². The molecule has 0 bridgehead atoms. The normalized spacial score (nSPS) is 9.83. The molecule has 1 aromatic carbocycles. The summed E-state index contributed by atoms with van der Waals surface area (Å²) in [5.41, 5.74) is 5.46. The summed E-state index contributed by atoms with van der Waals surface area (Å²) in [4.78, 5) is 45.8. The van der Waals surface area contributed by atoms with E-state index >= 15 is 0 Å². The zero-order chi connectivity index (χ0) is 17.5. The highest BCUT2D eigenvalue weighted by molar-refractivity contribution is 7.12.